The maximum Gasteiger partial charge on any atom is 0.252 e. The number of rotatable bonds is 5. The molecule has 0 atom stereocenters. The van der Waals surface area contributed by atoms with E-state index in [1.54, 1.807) is 12.1 Å². The smallest absolute Gasteiger partial charge is 0.252 e. The number of carbonyl (C=O) groups is 2. The van der Waals surface area contributed by atoms with Crippen molar-refractivity contribution in [2.75, 3.05) is 13.1 Å². The Morgan fingerprint density at radius 1 is 1.28 bits per heavy atom. The summed E-state index contributed by atoms with van der Waals surface area (Å²) in [7, 11) is 0. The first-order valence-corrected chi connectivity index (χ1v) is 6.63. The van der Waals surface area contributed by atoms with E-state index in [4.69, 9.17) is 0 Å². The minimum absolute atomic E-state index is 0.0922. The van der Waals surface area contributed by atoms with E-state index in [9.17, 15) is 9.59 Å². The predicted octanol–water partition coefficient (Wildman–Crippen LogP) is 1.10. The normalized spacial score (nSPS) is 14.1. The molecule has 18 heavy (non-hydrogen) atoms. The summed E-state index contributed by atoms with van der Waals surface area (Å²) in [6.07, 6.45) is 3.48. The molecule has 2 N–H and O–H groups in total. The molecule has 2 rings (SSSR count). The Kier molecular flexibility index (Phi) is 4.30. The maximum absolute atomic E-state index is 11.7. The number of halogens is 1. The van der Waals surface area contributed by atoms with E-state index in [1.807, 2.05) is 0 Å². The Bertz CT molecular complexity index is 443. The van der Waals surface area contributed by atoms with Crippen LogP contribution < -0.4 is 10.6 Å². The van der Waals surface area contributed by atoms with Gasteiger partial charge in [-0.2, -0.15) is 0 Å². The van der Waals surface area contributed by atoms with E-state index in [0.717, 1.165) is 12.8 Å². The van der Waals surface area contributed by atoms with Gasteiger partial charge in [0.15, 0.2) is 0 Å². The van der Waals surface area contributed by atoms with Gasteiger partial charge in [0.25, 0.3) is 5.91 Å². The quantitative estimate of drug-likeness (QED) is 0.632. The maximum atomic E-state index is 11.7. The molecule has 0 aliphatic heterocycles. The van der Waals surface area contributed by atoms with Gasteiger partial charge in [0.1, 0.15) is 4.60 Å². The zero-order valence-electron chi connectivity index (χ0n) is 9.78. The largest absolute Gasteiger partial charge is 0.354 e. The Hall–Kier alpha value is -1.43. The number of nitrogens with zero attached hydrogens (tertiary/aromatic N) is 1. The third-order valence-electron chi connectivity index (χ3n) is 2.65. The summed E-state index contributed by atoms with van der Waals surface area (Å²) in [4.78, 5) is 27.0. The zero-order chi connectivity index (χ0) is 13.0. The summed E-state index contributed by atoms with van der Waals surface area (Å²) in [5.74, 6) is 0.113. The molecular weight excluding hydrogens is 298 g/mol. The minimum atomic E-state index is -0.185. The lowest BCUT2D eigenvalue weighted by Crippen LogP contribution is -2.35. The van der Waals surface area contributed by atoms with Gasteiger partial charge < -0.3 is 10.6 Å². The zero-order valence-corrected chi connectivity index (χ0v) is 11.4. The molecule has 0 radical (unpaired) electrons. The molecule has 1 aliphatic rings. The van der Waals surface area contributed by atoms with E-state index in [2.05, 4.69) is 31.5 Å². The van der Waals surface area contributed by atoms with Crippen LogP contribution in [-0.2, 0) is 4.79 Å². The lowest BCUT2D eigenvalue weighted by molar-refractivity contribution is -0.122. The number of pyridine rings is 1. The topological polar surface area (TPSA) is 71.1 Å². The van der Waals surface area contributed by atoms with Crippen LogP contribution in [0.5, 0.6) is 0 Å². The van der Waals surface area contributed by atoms with Crippen LogP contribution in [0.15, 0.2) is 22.9 Å². The van der Waals surface area contributed by atoms with E-state index < -0.39 is 0 Å². The summed E-state index contributed by atoms with van der Waals surface area (Å²) < 4.78 is 0.691. The second-order valence-corrected chi connectivity index (χ2v) is 5.00. The molecular formula is C12H14BrN3O2. The molecule has 1 aliphatic carbocycles. The summed E-state index contributed by atoms with van der Waals surface area (Å²) in [5, 5.41) is 5.51. The van der Waals surface area contributed by atoms with E-state index in [-0.39, 0.29) is 17.7 Å². The summed E-state index contributed by atoms with van der Waals surface area (Å²) in [6, 6.07) is 3.40. The van der Waals surface area contributed by atoms with Crippen molar-refractivity contribution < 1.29 is 9.59 Å². The third kappa shape index (κ3) is 3.80. The molecule has 0 spiro atoms. The second kappa shape index (κ2) is 5.95. The van der Waals surface area contributed by atoms with Gasteiger partial charge in [0.2, 0.25) is 5.91 Å². The Labute approximate surface area is 113 Å². The number of amides is 2. The Morgan fingerprint density at radius 3 is 2.61 bits per heavy atom. The fourth-order valence-corrected chi connectivity index (χ4v) is 1.70. The molecule has 1 fully saturated rings. The molecule has 1 aromatic rings. The number of nitrogens with one attached hydrogen (secondary N) is 2. The van der Waals surface area contributed by atoms with Crippen LogP contribution in [0.2, 0.25) is 0 Å². The van der Waals surface area contributed by atoms with Gasteiger partial charge in [-0.15, -0.1) is 0 Å². The Balaban J connectivity index is 1.68. The van der Waals surface area contributed by atoms with Gasteiger partial charge in [0.05, 0.1) is 5.56 Å². The number of hydrogen-bond acceptors (Lipinski definition) is 3. The highest BCUT2D eigenvalue weighted by Crippen LogP contribution is 2.28. The van der Waals surface area contributed by atoms with Crippen molar-refractivity contribution in [3.8, 4) is 0 Å². The monoisotopic (exact) mass is 311 g/mol. The highest BCUT2D eigenvalue weighted by molar-refractivity contribution is 9.10. The fraction of sp³-hybridized carbons (Fsp3) is 0.417. The molecule has 1 saturated carbocycles. The van der Waals surface area contributed by atoms with Gasteiger partial charge in [0, 0.05) is 25.2 Å². The number of hydrogen-bond donors (Lipinski definition) is 2. The van der Waals surface area contributed by atoms with Crippen LogP contribution in [0.25, 0.3) is 0 Å². The molecule has 96 valence electrons. The van der Waals surface area contributed by atoms with Gasteiger partial charge in [-0.3, -0.25) is 9.59 Å². The van der Waals surface area contributed by atoms with Crippen molar-refractivity contribution in [2.45, 2.75) is 12.8 Å². The molecule has 1 aromatic heterocycles. The van der Waals surface area contributed by atoms with Gasteiger partial charge in [-0.25, -0.2) is 4.98 Å². The SMILES string of the molecule is O=C(NCCNC(=O)C1CC1)c1ccc(Br)nc1. The van der Waals surface area contributed by atoms with E-state index in [0.29, 0.717) is 23.3 Å². The summed E-state index contributed by atoms with van der Waals surface area (Å²) in [6.45, 7) is 0.887. The molecule has 2 amide bonds. The van der Waals surface area contributed by atoms with Gasteiger partial charge in [-0.05, 0) is 40.9 Å². The van der Waals surface area contributed by atoms with Gasteiger partial charge >= 0.3 is 0 Å². The van der Waals surface area contributed by atoms with Crippen LogP contribution >= 0.6 is 15.9 Å². The van der Waals surface area contributed by atoms with Crippen molar-refractivity contribution in [1.82, 2.24) is 15.6 Å². The van der Waals surface area contributed by atoms with Crippen molar-refractivity contribution in [2.24, 2.45) is 5.92 Å². The number of aromatic nitrogens is 1. The summed E-state index contributed by atoms with van der Waals surface area (Å²) >= 11 is 3.20. The average Bonchev–Trinajstić information content (AvgIpc) is 3.19. The molecule has 0 saturated heterocycles. The molecule has 0 aromatic carbocycles. The van der Waals surface area contributed by atoms with Crippen molar-refractivity contribution in [3.63, 3.8) is 0 Å². The Morgan fingerprint density at radius 2 is 2.00 bits per heavy atom. The highest BCUT2D eigenvalue weighted by atomic mass is 79.9. The molecule has 0 bridgehead atoms. The minimum Gasteiger partial charge on any atom is -0.354 e. The standard InChI is InChI=1S/C12H14BrN3O2/c13-10-4-3-9(7-16-10)12(18)15-6-5-14-11(17)8-1-2-8/h3-4,7-8H,1-2,5-6H2,(H,14,17)(H,15,18). The highest BCUT2D eigenvalue weighted by Gasteiger charge is 2.28. The van der Waals surface area contributed by atoms with Crippen molar-refractivity contribution in [1.29, 1.82) is 0 Å². The van der Waals surface area contributed by atoms with Crippen LogP contribution in [0.4, 0.5) is 0 Å². The van der Waals surface area contributed by atoms with E-state index >= 15 is 0 Å². The van der Waals surface area contributed by atoms with Crippen molar-refractivity contribution >= 4 is 27.7 Å². The first-order chi connectivity index (χ1) is 8.66. The van der Waals surface area contributed by atoms with Gasteiger partial charge in [-0.1, -0.05) is 0 Å². The van der Waals surface area contributed by atoms with Crippen LogP contribution in [0.3, 0.4) is 0 Å². The first kappa shape index (κ1) is 13.0. The second-order valence-electron chi connectivity index (χ2n) is 4.19. The molecule has 6 heteroatoms. The van der Waals surface area contributed by atoms with Crippen molar-refractivity contribution in [3.05, 3.63) is 28.5 Å². The van der Waals surface area contributed by atoms with Crippen LogP contribution in [-0.4, -0.2) is 29.9 Å². The average molecular weight is 312 g/mol. The predicted molar refractivity (Wildman–Crippen MR) is 70.0 cm³/mol. The molecule has 0 unspecified atom stereocenters. The lowest BCUT2D eigenvalue weighted by Gasteiger charge is -2.06. The van der Waals surface area contributed by atoms with Crippen LogP contribution in [0, 0.1) is 5.92 Å². The van der Waals surface area contributed by atoms with Crippen LogP contribution in [0.1, 0.15) is 23.2 Å². The number of carbonyl (C=O) groups excluding carboxylic acids is 2. The van der Waals surface area contributed by atoms with E-state index in [1.165, 1.54) is 6.20 Å². The lowest BCUT2D eigenvalue weighted by atomic mass is 10.3. The third-order valence-corrected chi connectivity index (χ3v) is 3.12. The first-order valence-electron chi connectivity index (χ1n) is 5.84. The molecule has 5 nitrogen and oxygen atoms in total. The summed E-state index contributed by atoms with van der Waals surface area (Å²) in [5.41, 5.74) is 0.506. The molecule has 1 heterocycles. The fourth-order valence-electron chi connectivity index (χ4n) is 1.46.